The van der Waals surface area contributed by atoms with Crippen molar-refractivity contribution in [3.8, 4) is 0 Å². The van der Waals surface area contributed by atoms with Crippen molar-refractivity contribution in [1.29, 1.82) is 0 Å². The van der Waals surface area contributed by atoms with E-state index in [1.807, 2.05) is 6.07 Å². The van der Waals surface area contributed by atoms with Gasteiger partial charge in [0.2, 0.25) is 15.6 Å². The summed E-state index contributed by atoms with van der Waals surface area (Å²) in [5.74, 6) is -4.78. The number of benzene rings is 2. The quantitative estimate of drug-likeness (QED) is 0.246. The predicted octanol–water partition coefficient (Wildman–Crippen LogP) is 5.18. The van der Waals surface area contributed by atoms with Gasteiger partial charge in [0.15, 0.2) is 5.60 Å². The van der Waals surface area contributed by atoms with Gasteiger partial charge in [-0.1, -0.05) is 77.3 Å². The maximum atomic E-state index is 13.4. The Kier molecular flexibility index (Phi) is 7.18. The first-order valence-corrected chi connectivity index (χ1v) is 11.0. The van der Waals surface area contributed by atoms with Gasteiger partial charge in [-0.3, -0.25) is 19.3 Å². The molecule has 2 aromatic carbocycles. The molecule has 32 heavy (non-hydrogen) atoms. The average Bonchev–Trinajstić information content (AvgIpc) is 2.70. The summed E-state index contributed by atoms with van der Waals surface area (Å²) in [5.41, 5.74) is -0.363. The van der Waals surface area contributed by atoms with Crippen molar-refractivity contribution in [2.24, 2.45) is 5.92 Å². The van der Waals surface area contributed by atoms with Crippen molar-refractivity contribution in [2.45, 2.75) is 42.1 Å². The van der Waals surface area contributed by atoms with Gasteiger partial charge in [-0.25, -0.2) is 4.39 Å². The molecule has 0 spiro atoms. The molecule has 0 radical (unpaired) electrons. The van der Waals surface area contributed by atoms with Crippen LogP contribution >= 0.6 is 34.8 Å². The van der Waals surface area contributed by atoms with Crippen LogP contribution in [0.1, 0.15) is 37.3 Å². The molecule has 1 aliphatic heterocycles. The Morgan fingerprint density at radius 3 is 2.22 bits per heavy atom. The lowest BCUT2D eigenvalue weighted by Crippen LogP contribution is -2.53. The van der Waals surface area contributed by atoms with E-state index in [-0.39, 0.29) is 13.0 Å². The maximum Gasteiger partial charge on any atom is 0.319 e. The smallest absolute Gasteiger partial charge is 0.319 e. The number of alkyl halides is 3. The summed E-state index contributed by atoms with van der Waals surface area (Å²) in [6.07, 6.45) is -0.141. The van der Waals surface area contributed by atoms with Crippen molar-refractivity contribution in [2.75, 3.05) is 0 Å². The van der Waals surface area contributed by atoms with E-state index < -0.39 is 44.8 Å². The van der Waals surface area contributed by atoms with E-state index in [1.54, 1.807) is 24.3 Å². The van der Waals surface area contributed by atoms with Gasteiger partial charge in [0.25, 0.3) is 0 Å². The molecule has 0 N–H and O–H groups in total. The van der Waals surface area contributed by atoms with Crippen LogP contribution in [0.3, 0.4) is 0 Å². The van der Waals surface area contributed by atoms with Crippen LogP contribution in [-0.4, -0.2) is 32.1 Å². The van der Waals surface area contributed by atoms with Crippen molar-refractivity contribution in [3.63, 3.8) is 0 Å². The van der Waals surface area contributed by atoms with Gasteiger partial charge in [-0.2, -0.15) is 0 Å². The van der Waals surface area contributed by atoms with Crippen molar-refractivity contribution in [3.05, 3.63) is 71.5 Å². The second-order valence-electron chi connectivity index (χ2n) is 8.07. The third-order valence-corrected chi connectivity index (χ3v) is 6.77. The molecule has 1 heterocycles. The van der Waals surface area contributed by atoms with Crippen LogP contribution in [0.25, 0.3) is 0 Å². The molecule has 1 fully saturated rings. The molecule has 170 valence electrons. The van der Waals surface area contributed by atoms with Gasteiger partial charge < -0.3 is 4.74 Å². The van der Waals surface area contributed by atoms with Gasteiger partial charge in [0, 0.05) is 12.3 Å². The minimum absolute atomic E-state index is 0.00622. The highest BCUT2D eigenvalue weighted by Gasteiger charge is 2.51. The highest BCUT2D eigenvalue weighted by Crippen LogP contribution is 2.43. The Balaban J connectivity index is 1.97. The molecule has 2 atom stereocenters. The van der Waals surface area contributed by atoms with E-state index >= 15 is 0 Å². The first kappa shape index (κ1) is 24.5. The molecular formula is C23H21Cl3FNO4. The van der Waals surface area contributed by atoms with E-state index in [0.29, 0.717) is 5.56 Å². The van der Waals surface area contributed by atoms with Crippen molar-refractivity contribution >= 4 is 52.6 Å². The number of nitrogens with zero attached hydrogens (tertiary/aromatic N) is 1. The fraction of sp³-hybridized carbons (Fsp3) is 0.348. The van der Waals surface area contributed by atoms with Crippen molar-refractivity contribution < 1.29 is 23.5 Å². The molecule has 0 saturated carbocycles. The fourth-order valence-corrected chi connectivity index (χ4v) is 3.59. The number of likely N-dealkylation sites (tertiary alicyclic amines) is 1. The Bertz CT molecular complexity index is 1010. The molecule has 2 unspecified atom stereocenters. The lowest BCUT2D eigenvalue weighted by Gasteiger charge is -2.38. The van der Waals surface area contributed by atoms with Gasteiger partial charge in [-0.05, 0) is 37.1 Å². The second kappa shape index (κ2) is 9.38. The zero-order chi connectivity index (χ0) is 23.7. The van der Waals surface area contributed by atoms with Crippen LogP contribution in [0, 0.1) is 11.7 Å². The zero-order valence-electron chi connectivity index (χ0n) is 17.4. The summed E-state index contributed by atoms with van der Waals surface area (Å²) in [6, 6.07) is 14.2. The molecule has 2 aromatic rings. The zero-order valence-corrected chi connectivity index (χ0v) is 19.6. The number of hydrogen-bond acceptors (Lipinski definition) is 4. The second-order valence-corrected chi connectivity index (χ2v) is 10.4. The third kappa shape index (κ3) is 5.25. The van der Waals surface area contributed by atoms with E-state index in [1.165, 1.54) is 38.1 Å². The first-order chi connectivity index (χ1) is 14.9. The number of ether oxygens (including phenoxy) is 1. The van der Waals surface area contributed by atoms with Gasteiger partial charge in [0.05, 0.1) is 6.54 Å². The average molecular weight is 501 g/mol. The van der Waals surface area contributed by atoms with E-state index in [4.69, 9.17) is 39.5 Å². The Hall–Kier alpha value is -2.15. The van der Waals surface area contributed by atoms with Crippen LogP contribution in [0.4, 0.5) is 4.39 Å². The molecule has 5 nitrogen and oxygen atoms in total. The van der Waals surface area contributed by atoms with Crippen LogP contribution in [0.2, 0.25) is 0 Å². The summed E-state index contributed by atoms with van der Waals surface area (Å²) in [7, 11) is 0. The minimum atomic E-state index is -1.95. The number of esters is 1. The number of carbonyl (C=O) groups is 3. The Labute approximate surface area is 200 Å². The monoisotopic (exact) mass is 499 g/mol. The first-order valence-electron chi connectivity index (χ1n) is 9.84. The normalized spacial score (nSPS) is 19.8. The predicted molar refractivity (Wildman–Crippen MR) is 120 cm³/mol. The lowest BCUT2D eigenvalue weighted by molar-refractivity contribution is -0.171. The number of piperidine rings is 1. The molecule has 1 aliphatic rings. The highest BCUT2D eigenvalue weighted by molar-refractivity contribution is 6.68. The van der Waals surface area contributed by atoms with Crippen LogP contribution in [0.15, 0.2) is 54.6 Å². The fourth-order valence-electron chi connectivity index (χ4n) is 3.47. The topological polar surface area (TPSA) is 63.7 Å². The summed E-state index contributed by atoms with van der Waals surface area (Å²) >= 11 is 17.8. The van der Waals surface area contributed by atoms with E-state index in [2.05, 4.69) is 0 Å². The molecule has 2 amide bonds. The largest absolute Gasteiger partial charge is 0.454 e. The van der Waals surface area contributed by atoms with Crippen LogP contribution in [0.5, 0.6) is 0 Å². The summed E-state index contributed by atoms with van der Waals surface area (Å²) < 4.78 is 16.9. The Morgan fingerprint density at radius 1 is 1.06 bits per heavy atom. The molecule has 9 heteroatoms. The maximum absolute atomic E-state index is 13.4. The van der Waals surface area contributed by atoms with Crippen LogP contribution in [-0.2, 0) is 25.7 Å². The number of halogens is 4. The molecule has 3 rings (SSSR count). The van der Waals surface area contributed by atoms with Crippen molar-refractivity contribution in [1.82, 2.24) is 4.90 Å². The van der Waals surface area contributed by atoms with Gasteiger partial charge in [0.1, 0.15) is 11.7 Å². The number of imide groups is 1. The van der Waals surface area contributed by atoms with E-state index in [0.717, 1.165) is 10.5 Å². The lowest BCUT2D eigenvalue weighted by atomic mass is 9.79. The standard InChI is InChI=1S/C23H21Cl3FNO4/c1-22(2,23(24,25)26)32-21(31)19-17(15-8-10-16(27)11-9-15)12-18(29)28(20(19)30)13-14-6-4-3-5-7-14/h3-11,17,19H,12-13H2,1-2H3. The number of rotatable bonds is 5. The third-order valence-electron chi connectivity index (χ3n) is 5.40. The molecule has 0 bridgehead atoms. The summed E-state index contributed by atoms with van der Waals surface area (Å²) in [4.78, 5) is 40.5. The summed E-state index contributed by atoms with van der Waals surface area (Å²) in [5, 5.41) is 0. The minimum Gasteiger partial charge on any atom is -0.454 e. The number of amides is 2. The molecule has 1 saturated heterocycles. The summed E-state index contributed by atoms with van der Waals surface area (Å²) in [6.45, 7) is 2.82. The van der Waals surface area contributed by atoms with Crippen LogP contribution < -0.4 is 0 Å². The molecule has 0 aliphatic carbocycles. The molecular weight excluding hydrogens is 480 g/mol. The highest BCUT2D eigenvalue weighted by atomic mass is 35.6. The van der Waals surface area contributed by atoms with Gasteiger partial charge in [-0.15, -0.1) is 0 Å². The van der Waals surface area contributed by atoms with E-state index in [9.17, 15) is 18.8 Å². The molecule has 0 aromatic heterocycles. The number of hydrogen-bond donors (Lipinski definition) is 0. The van der Waals surface area contributed by atoms with Gasteiger partial charge >= 0.3 is 5.97 Å². The number of carbonyl (C=O) groups excluding carboxylic acids is 3. The Morgan fingerprint density at radius 2 is 1.66 bits per heavy atom. The SMILES string of the molecule is CC(C)(OC(=O)C1C(=O)N(Cc2ccccc2)C(=O)CC1c1ccc(F)cc1)C(Cl)(Cl)Cl.